The fraction of sp³-hybridized carbons (Fsp3) is 0.542. The molecule has 172 valence electrons. The minimum atomic E-state index is -0.304. The number of rotatable bonds is 6. The zero-order valence-corrected chi connectivity index (χ0v) is 19.0. The number of benzene rings is 1. The van der Waals surface area contributed by atoms with Crippen molar-refractivity contribution < 1.29 is 9.18 Å². The number of fused-ring (bicyclic) bond motifs is 1. The van der Waals surface area contributed by atoms with Crippen LogP contribution >= 0.6 is 0 Å². The lowest BCUT2D eigenvalue weighted by Crippen LogP contribution is -2.44. The van der Waals surface area contributed by atoms with Gasteiger partial charge in [-0.25, -0.2) is 14.2 Å². The first-order valence-corrected chi connectivity index (χ1v) is 11.6. The minimum absolute atomic E-state index is 0.121. The van der Waals surface area contributed by atoms with Crippen molar-refractivity contribution in [2.24, 2.45) is 0 Å². The van der Waals surface area contributed by atoms with E-state index in [1.54, 1.807) is 18.2 Å². The maximum Gasteiger partial charge on any atom is 0.315 e. The Morgan fingerprint density at radius 3 is 2.53 bits per heavy atom. The summed E-state index contributed by atoms with van der Waals surface area (Å²) in [6, 6.07) is 6.65. The fourth-order valence-electron chi connectivity index (χ4n) is 4.63. The summed E-state index contributed by atoms with van der Waals surface area (Å²) in [4.78, 5) is 23.9. The third kappa shape index (κ3) is 5.47. The molecule has 0 unspecified atom stereocenters. The van der Waals surface area contributed by atoms with Crippen LogP contribution < -0.4 is 20.9 Å². The first-order chi connectivity index (χ1) is 15.5. The van der Waals surface area contributed by atoms with Crippen molar-refractivity contribution >= 4 is 17.8 Å². The molecule has 32 heavy (non-hydrogen) atoms. The highest BCUT2D eigenvalue weighted by Gasteiger charge is 2.24. The topological polar surface area (TPSA) is 82.2 Å². The van der Waals surface area contributed by atoms with Crippen LogP contribution in [0.1, 0.15) is 55.3 Å². The van der Waals surface area contributed by atoms with E-state index in [0.717, 1.165) is 44.3 Å². The molecule has 0 bridgehead atoms. The van der Waals surface area contributed by atoms with Gasteiger partial charge in [0.15, 0.2) is 0 Å². The Morgan fingerprint density at radius 2 is 1.78 bits per heavy atom. The van der Waals surface area contributed by atoms with Crippen LogP contribution in [0.2, 0.25) is 0 Å². The number of amides is 2. The van der Waals surface area contributed by atoms with Gasteiger partial charge < -0.3 is 20.9 Å². The minimum Gasteiger partial charge on any atom is -0.362 e. The molecule has 0 aliphatic heterocycles. The molecular formula is C24H33FN6O. The number of hydrogen-bond donors (Lipinski definition) is 3. The second-order valence-corrected chi connectivity index (χ2v) is 9.01. The molecular weight excluding hydrogens is 407 g/mol. The lowest BCUT2D eigenvalue weighted by Gasteiger charge is -2.30. The van der Waals surface area contributed by atoms with Crippen molar-refractivity contribution in [1.82, 2.24) is 20.6 Å². The fourth-order valence-corrected chi connectivity index (χ4v) is 4.63. The number of carbonyl (C=O) groups excluding carboxylic acids is 1. The van der Waals surface area contributed by atoms with Gasteiger partial charge in [-0.05, 0) is 57.4 Å². The highest BCUT2D eigenvalue weighted by molar-refractivity contribution is 5.74. The summed E-state index contributed by atoms with van der Waals surface area (Å²) in [6.45, 7) is 0.180. The summed E-state index contributed by atoms with van der Waals surface area (Å²) in [7, 11) is 4.07. The lowest BCUT2D eigenvalue weighted by molar-refractivity contribution is 0.231. The van der Waals surface area contributed by atoms with Crippen LogP contribution in [0.5, 0.6) is 0 Å². The van der Waals surface area contributed by atoms with E-state index in [9.17, 15) is 9.18 Å². The van der Waals surface area contributed by atoms with Crippen LogP contribution in [0.25, 0.3) is 0 Å². The van der Waals surface area contributed by atoms with Crippen molar-refractivity contribution in [3.63, 3.8) is 0 Å². The molecule has 1 saturated carbocycles. The monoisotopic (exact) mass is 440 g/mol. The average Bonchev–Trinajstić information content (AvgIpc) is 2.79. The Kier molecular flexibility index (Phi) is 7.07. The summed E-state index contributed by atoms with van der Waals surface area (Å²) >= 11 is 0. The van der Waals surface area contributed by atoms with Gasteiger partial charge in [-0.3, -0.25) is 0 Å². The van der Waals surface area contributed by atoms with Gasteiger partial charge >= 0.3 is 6.03 Å². The molecule has 1 aromatic carbocycles. The summed E-state index contributed by atoms with van der Waals surface area (Å²) in [6.07, 6.45) is 8.12. The van der Waals surface area contributed by atoms with Gasteiger partial charge in [0.05, 0.1) is 5.69 Å². The highest BCUT2D eigenvalue weighted by Crippen LogP contribution is 2.29. The molecule has 8 heteroatoms. The predicted octanol–water partition coefficient (Wildman–Crippen LogP) is 3.78. The summed E-state index contributed by atoms with van der Waals surface area (Å²) in [5.41, 5.74) is 2.96. The number of nitrogens with one attached hydrogen (secondary N) is 3. The smallest absolute Gasteiger partial charge is 0.315 e. The van der Waals surface area contributed by atoms with Crippen LogP contribution in [-0.4, -0.2) is 42.2 Å². The van der Waals surface area contributed by atoms with Crippen LogP contribution in [0.15, 0.2) is 24.3 Å². The number of anilines is 2. The van der Waals surface area contributed by atoms with Crippen molar-refractivity contribution in [1.29, 1.82) is 0 Å². The molecule has 0 saturated heterocycles. The van der Waals surface area contributed by atoms with Gasteiger partial charge in [0, 0.05) is 43.9 Å². The molecule has 1 fully saturated rings. The van der Waals surface area contributed by atoms with Crippen LogP contribution in [0.3, 0.4) is 0 Å². The van der Waals surface area contributed by atoms with E-state index in [0.29, 0.717) is 17.6 Å². The predicted molar refractivity (Wildman–Crippen MR) is 124 cm³/mol. The van der Waals surface area contributed by atoms with E-state index in [2.05, 4.69) is 20.9 Å². The number of carbonyl (C=O) groups is 1. The Labute approximate surface area is 189 Å². The molecule has 0 radical (unpaired) electrons. The van der Waals surface area contributed by atoms with Crippen molar-refractivity contribution in [2.75, 3.05) is 24.3 Å². The van der Waals surface area contributed by atoms with Gasteiger partial charge in [-0.15, -0.1) is 0 Å². The molecule has 7 nitrogen and oxygen atoms in total. The molecule has 0 atom stereocenters. The molecule has 2 aromatic rings. The number of nitrogens with zero attached hydrogens (tertiary/aromatic N) is 3. The highest BCUT2D eigenvalue weighted by atomic mass is 19.1. The Balaban J connectivity index is 1.26. The third-order valence-electron chi connectivity index (χ3n) is 6.38. The van der Waals surface area contributed by atoms with E-state index >= 15 is 0 Å². The van der Waals surface area contributed by atoms with Crippen molar-refractivity contribution in [2.45, 2.75) is 70.0 Å². The maximum atomic E-state index is 13.7. The molecule has 2 amide bonds. The Bertz CT molecular complexity index is 942. The van der Waals surface area contributed by atoms with Gasteiger partial charge in [-0.2, -0.15) is 4.98 Å². The first kappa shape index (κ1) is 22.3. The van der Waals surface area contributed by atoms with Gasteiger partial charge in [0.2, 0.25) is 5.95 Å². The van der Waals surface area contributed by atoms with E-state index in [-0.39, 0.29) is 24.4 Å². The largest absolute Gasteiger partial charge is 0.362 e. The standard InChI is InChI=1S/C24H33FN6O/c1-31(2)22-19-8-4-6-10-21(19)29-23(30-22)27-17-11-13-18(14-12-17)28-24(32)26-15-16-7-3-5-9-20(16)25/h3,5,7,9,17-18H,4,6,8,10-15H2,1-2H3,(H2,26,28,32)(H,27,29,30)/t17-,18+. The quantitative estimate of drug-likeness (QED) is 0.637. The summed E-state index contributed by atoms with van der Waals surface area (Å²) in [5.74, 6) is 1.44. The zero-order valence-electron chi connectivity index (χ0n) is 19.0. The lowest BCUT2D eigenvalue weighted by atomic mass is 9.91. The van der Waals surface area contributed by atoms with Gasteiger partial charge in [-0.1, -0.05) is 18.2 Å². The van der Waals surface area contributed by atoms with Gasteiger partial charge in [0.25, 0.3) is 0 Å². The average molecular weight is 441 g/mol. The first-order valence-electron chi connectivity index (χ1n) is 11.6. The van der Waals surface area contributed by atoms with E-state index in [1.807, 2.05) is 14.1 Å². The Hall–Kier alpha value is -2.90. The number of aromatic nitrogens is 2. The normalized spacial score (nSPS) is 20.2. The molecule has 1 aromatic heterocycles. The van der Waals surface area contributed by atoms with Crippen LogP contribution in [0, 0.1) is 5.82 Å². The zero-order chi connectivity index (χ0) is 22.5. The van der Waals surface area contributed by atoms with Crippen molar-refractivity contribution in [3.05, 3.63) is 46.9 Å². The van der Waals surface area contributed by atoms with E-state index in [1.165, 1.54) is 30.2 Å². The SMILES string of the molecule is CN(C)c1nc(N[C@H]2CC[C@@H](NC(=O)NCc3ccccc3F)CC2)nc2c1CCCC2. The molecule has 2 aliphatic rings. The number of hydrogen-bond acceptors (Lipinski definition) is 5. The maximum absolute atomic E-state index is 13.7. The summed E-state index contributed by atoms with van der Waals surface area (Å²) in [5, 5.41) is 9.31. The molecule has 0 spiro atoms. The molecule has 4 rings (SSSR count). The van der Waals surface area contributed by atoms with Crippen molar-refractivity contribution in [3.8, 4) is 0 Å². The third-order valence-corrected chi connectivity index (χ3v) is 6.38. The number of aryl methyl sites for hydroxylation is 1. The molecule has 2 aliphatic carbocycles. The number of halogens is 1. The Morgan fingerprint density at radius 1 is 1.06 bits per heavy atom. The van der Waals surface area contributed by atoms with Gasteiger partial charge in [0.1, 0.15) is 11.6 Å². The second-order valence-electron chi connectivity index (χ2n) is 9.01. The van der Waals surface area contributed by atoms with Crippen LogP contribution in [0.4, 0.5) is 21.0 Å². The van der Waals surface area contributed by atoms with E-state index < -0.39 is 0 Å². The number of urea groups is 1. The summed E-state index contributed by atoms with van der Waals surface area (Å²) < 4.78 is 13.7. The molecule has 3 N–H and O–H groups in total. The van der Waals surface area contributed by atoms with E-state index in [4.69, 9.17) is 9.97 Å². The molecule has 1 heterocycles. The second kappa shape index (κ2) is 10.1. The van der Waals surface area contributed by atoms with Crippen LogP contribution in [-0.2, 0) is 19.4 Å².